The lowest BCUT2D eigenvalue weighted by Gasteiger charge is -2.29. The summed E-state index contributed by atoms with van der Waals surface area (Å²) in [5.41, 5.74) is 0.855. The number of hydrogen-bond donors (Lipinski definition) is 0. The molecule has 0 N–H and O–H groups in total. The fourth-order valence-electron chi connectivity index (χ4n) is 4.96. The molecule has 0 bridgehead atoms. The molecule has 1 aliphatic rings. The van der Waals surface area contributed by atoms with E-state index in [4.69, 9.17) is 14.7 Å². The van der Waals surface area contributed by atoms with Gasteiger partial charge >= 0.3 is 0 Å². The molecule has 0 amide bonds. The second-order valence-electron chi connectivity index (χ2n) is 9.01. The lowest BCUT2D eigenvalue weighted by Crippen LogP contribution is -2.40. The highest BCUT2D eigenvalue weighted by Gasteiger charge is 2.26. The van der Waals surface area contributed by atoms with E-state index in [9.17, 15) is 9.59 Å². The first-order chi connectivity index (χ1) is 18.6. The molecule has 5 aromatic rings. The number of nitrogens with zero attached hydrogens (tertiary/aromatic N) is 6. The lowest BCUT2D eigenvalue weighted by atomic mass is 10.2. The van der Waals surface area contributed by atoms with E-state index in [2.05, 4.69) is 4.90 Å². The first-order valence-electron chi connectivity index (χ1n) is 12.8. The van der Waals surface area contributed by atoms with Crippen LogP contribution in [-0.4, -0.2) is 58.5 Å². The van der Waals surface area contributed by atoms with Crippen LogP contribution >= 0.6 is 11.3 Å². The lowest BCUT2D eigenvalue weighted by molar-refractivity contribution is 0.122. The molecule has 0 saturated carbocycles. The Labute approximate surface area is 223 Å². The zero-order valence-electron chi connectivity index (χ0n) is 21.3. The number of benzene rings is 2. The molecule has 1 fully saturated rings. The Morgan fingerprint density at radius 2 is 1.32 bits per heavy atom. The van der Waals surface area contributed by atoms with Gasteiger partial charge in [0.25, 0.3) is 11.1 Å². The molecular weight excluding hydrogens is 500 g/mol. The Morgan fingerprint density at radius 3 is 1.89 bits per heavy atom. The van der Waals surface area contributed by atoms with Gasteiger partial charge in [0.1, 0.15) is 9.66 Å². The second kappa shape index (κ2) is 10.0. The van der Waals surface area contributed by atoms with Gasteiger partial charge in [-0.2, -0.15) is 0 Å². The van der Waals surface area contributed by atoms with E-state index >= 15 is 0 Å². The highest BCUT2D eigenvalue weighted by molar-refractivity contribution is 7.25. The summed E-state index contributed by atoms with van der Waals surface area (Å²) in [6.07, 6.45) is 0. The van der Waals surface area contributed by atoms with Crippen molar-refractivity contribution in [2.45, 2.75) is 13.8 Å². The topological polar surface area (TPSA) is 85.5 Å². The minimum atomic E-state index is -0.275. The fourth-order valence-corrected chi connectivity index (χ4v) is 5.98. The summed E-state index contributed by atoms with van der Waals surface area (Å²) in [6.45, 7) is 7.82. The standard InChI is InChI=1S/C28H28N6O3S/c1-3-31(4-2)27-29-23-21(25(35)33(27)19-11-7-5-8-12-19)22-24(38-23)30-28(32-15-17-37-18-16-32)34(26(22)36)20-13-9-6-10-14-20/h5-14H,3-4,15-18H2,1-2H3. The van der Waals surface area contributed by atoms with E-state index in [-0.39, 0.29) is 11.1 Å². The number of hydrogen-bond acceptors (Lipinski definition) is 8. The first kappa shape index (κ1) is 24.3. The number of fused-ring (bicyclic) bond motifs is 3. The minimum Gasteiger partial charge on any atom is -0.378 e. The third-order valence-electron chi connectivity index (χ3n) is 6.88. The van der Waals surface area contributed by atoms with E-state index in [1.165, 1.54) is 11.3 Å². The zero-order chi connectivity index (χ0) is 26.2. The molecule has 4 heterocycles. The van der Waals surface area contributed by atoms with Crippen LogP contribution in [0.1, 0.15) is 13.8 Å². The highest BCUT2D eigenvalue weighted by atomic mass is 32.1. The van der Waals surface area contributed by atoms with Gasteiger partial charge < -0.3 is 14.5 Å². The van der Waals surface area contributed by atoms with Crippen molar-refractivity contribution in [2.75, 3.05) is 49.2 Å². The Hall–Kier alpha value is -4.02. The average molecular weight is 529 g/mol. The van der Waals surface area contributed by atoms with Crippen LogP contribution in [0.15, 0.2) is 70.3 Å². The van der Waals surface area contributed by atoms with Crippen LogP contribution in [0.5, 0.6) is 0 Å². The minimum absolute atomic E-state index is 0.271. The quantitative estimate of drug-likeness (QED) is 0.331. The normalized spacial score (nSPS) is 13.9. The van der Waals surface area contributed by atoms with Gasteiger partial charge in [-0.15, -0.1) is 0 Å². The van der Waals surface area contributed by atoms with Crippen molar-refractivity contribution in [3.8, 4) is 11.4 Å². The number of ether oxygens (including phenoxy) is 1. The molecule has 194 valence electrons. The Morgan fingerprint density at radius 1 is 0.789 bits per heavy atom. The Bertz CT molecular complexity index is 1720. The molecule has 1 aliphatic heterocycles. The molecule has 9 nitrogen and oxygen atoms in total. The molecule has 2 aromatic carbocycles. The number of rotatable bonds is 6. The van der Waals surface area contributed by atoms with Crippen LogP contribution in [-0.2, 0) is 4.74 Å². The fraction of sp³-hybridized carbons (Fsp3) is 0.286. The van der Waals surface area contributed by atoms with Crippen LogP contribution in [0, 0.1) is 0 Å². The maximum Gasteiger partial charge on any atom is 0.269 e. The van der Waals surface area contributed by atoms with E-state index in [0.717, 1.165) is 0 Å². The summed E-state index contributed by atoms with van der Waals surface area (Å²) in [6, 6.07) is 18.9. The van der Waals surface area contributed by atoms with Gasteiger partial charge in [-0.1, -0.05) is 47.7 Å². The summed E-state index contributed by atoms with van der Waals surface area (Å²) < 4.78 is 8.78. The molecule has 0 unspecified atom stereocenters. The van der Waals surface area contributed by atoms with Gasteiger partial charge in [0, 0.05) is 26.2 Å². The summed E-state index contributed by atoms with van der Waals surface area (Å²) in [5, 5.41) is 0.611. The van der Waals surface area contributed by atoms with Crippen molar-refractivity contribution in [3.05, 3.63) is 81.4 Å². The van der Waals surface area contributed by atoms with E-state index in [0.29, 0.717) is 83.1 Å². The van der Waals surface area contributed by atoms with Crippen molar-refractivity contribution in [1.82, 2.24) is 19.1 Å². The SMILES string of the molecule is CCN(CC)c1nc2sc3nc(N4CCOCC4)n(-c4ccccc4)c(=O)c3c2c(=O)n1-c1ccccc1. The van der Waals surface area contributed by atoms with Crippen molar-refractivity contribution in [3.63, 3.8) is 0 Å². The van der Waals surface area contributed by atoms with Crippen LogP contribution in [0.25, 0.3) is 31.8 Å². The molecule has 10 heteroatoms. The molecule has 6 rings (SSSR count). The molecule has 3 aromatic heterocycles. The summed E-state index contributed by atoms with van der Waals surface area (Å²) >= 11 is 1.30. The first-order valence-corrected chi connectivity index (χ1v) is 13.6. The van der Waals surface area contributed by atoms with Gasteiger partial charge in [-0.25, -0.2) is 19.1 Å². The molecule has 1 saturated heterocycles. The maximum absolute atomic E-state index is 14.3. The molecular formula is C28H28N6O3S. The van der Waals surface area contributed by atoms with Gasteiger partial charge in [0.15, 0.2) is 0 Å². The van der Waals surface area contributed by atoms with Crippen LogP contribution in [0.3, 0.4) is 0 Å². The van der Waals surface area contributed by atoms with E-state index in [1.807, 2.05) is 79.4 Å². The molecule has 0 atom stereocenters. The smallest absolute Gasteiger partial charge is 0.269 e. The van der Waals surface area contributed by atoms with Gasteiger partial charge in [-0.3, -0.25) is 9.59 Å². The number of para-hydroxylation sites is 2. The van der Waals surface area contributed by atoms with Gasteiger partial charge in [0.2, 0.25) is 11.9 Å². The average Bonchev–Trinajstić information content (AvgIpc) is 3.34. The molecule has 0 radical (unpaired) electrons. The summed E-state index contributed by atoms with van der Waals surface area (Å²) in [4.78, 5) is 43.6. The van der Waals surface area contributed by atoms with E-state index in [1.54, 1.807) is 9.13 Å². The molecule has 0 aliphatic carbocycles. The van der Waals surface area contributed by atoms with Gasteiger partial charge in [0.05, 0.1) is 35.4 Å². The number of thiophene rings is 1. The Kier molecular flexibility index (Phi) is 6.42. The van der Waals surface area contributed by atoms with Crippen LogP contribution in [0.2, 0.25) is 0 Å². The third kappa shape index (κ3) is 3.97. The summed E-state index contributed by atoms with van der Waals surface area (Å²) in [7, 11) is 0. The van der Waals surface area contributed by atoms with Crippen molar-refractivity contribution >= 4 is 43.7 Å². The number of morpholine rings is 1. The third-order valence-corrected chi connectivity index (χ3v) is 7.85. The van der Waals surface area contributed by atoms with Crippen LogP contribution in [0.4, 0.5) is 11.9 Å². The predicted octanol–water partition coefficient (Wildman–Crippen LogP) is 3.83. The summed E-state index contributed by atoms with van der Waals surface area (Å²) in [5.74, 6) is 1.11. The van der Waals surface area contributed by atoms with Gasteiger partial charge in [-0.05, 0) is 38.1 Å². The highest BCUT2D eigenvalue weighted by Crippen LogP contribution is 2.32. The van der Waals surface area contributed by atoms with Crippen molar-refractivity contribution < 1.29 is 4.74 Å². The largest absolute Gasteiger partial charge is 0.378 e. The second-order valence-corrected chi connectivity index (χ2v) is 9.99. The Balaban J connectivity index is 1.72. The predicted molar refractivity (Wildman–Crippen MR) is 153 cm³/mol. The van der Waals surface area contributed by atoms with Crippen molar-refractivity contribution in [2.24, 2.45) is 0 Å². The van der Waals surface area contributed by atoms with E-state index < -0.39 is 0 Å². The molecule has 0 spiro atoms. The van der Waals surface area contributed by atoms with Crippen LogP contribution < -0.4 is 20.9 Å². The monoisotopic (exact) mass is 528 g/mol. The maximum atomic E-state index is 14.3. The molecule has 38 heavy (non-hydrogen) atoms. The van der Waals surface area contributed by atoms with Crippen molar-refractivity contribution in [1.29, 1.82) is 0 Å². The number of aromatic nitrogens is 4. The zero-order valence-corrected chi connectivity index (χ0v) is 22.1. The number of anilines is 2.